The predicted molar refractivity (Wildman–Crippen MR) is 55.1 cm³/mol. The number of anilines is 1. The Morgan fingerprint density at radius 1 is 1.36 bits per heavy atom. The summed E-state index contributed by atoms with van der Waals surface area (Å²) in [5.41, 5.74) is 0.740. The zero-order valence-corrected chi connectivity index (χ0v) is 7.99. The minimum Gasteiger partial charge on any atom is -0.325 e. The van der Waals surface area contributed by atoms with E-state index in [-0.39, 0.29) is 6.03 Å². The van der Waals surface area contributed by atoms with Crippen molar-refractivity contribution in [2.45, 2.75) is 12.8 Å². The average molecular weight is 189 g/mol. The second-order valence-corrected chi connectivity index (χ2v) is 3.40. The van der Waals surface area contributed by atoms with Crippen LogP contribution in [0.15, 0.2) is 24.3 Å². The lowest BCUT2D eigenvalue weighted by Crippen LogP contribution is -2.32. The molecule has 1 radical (unpaired) electrons. The van der Waals surface area contributed by atoms with Gasteiger partial charge in [-0.25, -0.2) is 4.79 Å². The summed E-state index contributed by atoms with van der Waals surface area (Å²) in [6.45, 7) is 1.75. The summed E-state index contributed by atoms with van der Waals surface area (Å²) < 4.78 is 0. The molecular formula is C11H13N2O. The van der Waals surface area contributed by atoms with Gasteiger partial charge in [-0.05, 0) is 18.9 Å². The van der Waals surface area contributed by atoms with Gasteiger partial charge in [-0.2, -0.15) is 0 Å². The van der Waals surface area contributed by atoms with Crippen LogP contribution in [0.4, 0.5) is 10.5 Å². The molecule has 2 rings (SSSR count). The summed E-state index contributed by atoms with van der Waals surface area (Å²) >= 11 is 0. The monoisotopic (exact) mass is 189 g/mol. The topological polar surface area (TPSA) is 32.3 Å². The molecule has 14 heavy (non-hydrogen) atoms. The smallest absolute Gasteiger partial charge is 0.321 e. The van der Waals surface area contributed by atoms with E-state index in [1.165, 1.54) is 0 Å². The Morgan fingerprint density at radius 2 is 2.14 bits per heavy atom. The van der Waals surface area contributed by atoms with E-state index in [1.807, 2.05) is 23.1 Å². The lowest BCUT2D eigenvalue weighted by molar-refractivity contribution is 0.222. The molecular weight excluding hydrogens is 176 g/mol. The molecule has 0 spiro atoms. The molecule has 0 aliphatic carbocycles. The maximum atomic E-state index is 11.6. The van der Waals surface area contributed by atoms with Crippen LogP contribution in [0.3, 0.4) is 0 Å². The average Bonchev–Trinajstić information content (AvgIpc) is 2.72. The third-order valence-corrected chi connectivity index (χ3v) is 2.34. The van der Waals surface area contributed by atoms with Gasteiger partial charge in [0.1, 0.15) is 0 Å². The third-order valence-electron chi connectivity index (χ3n) is 2.34. The zero-order valence-electron chi connectivity index (χ0n) is 7.99. The molecule has 1 aliphatic rings. The predicted octanol–water partition coefficient (Wildman–Crippen LogP) is 2.11. The first-order chi connectivity index (χ1) is 6.86. The van der Waals surface area contributed by atoms with Gasteiger partial charge in [0.2, 0.25) is 0 Å². The minimum absolute atomic E-state index is 0.00931. The van der Waals surface area contributed by atoms with Gasteiger partial charge in [0.25, 0.3) is 0 Å². The van der Waals surface area contributed by atoms with Crippen LogP contribution in [0, 0.1) is 6.07 Å². The second-order valence-electron chi connectivity index (χ2n) is 3.40. The Hall–Kier alpha value is -1.51. The van der Waals surface area contributed by atoms with Crippen molar-refractivity contribution in [3.8, 4) is 0 Å². The summed E-state index contributed by atoms with van der Waals surface area (Å²) in [7, 11) is 0. The molecule has 0 unspecified atom stereocenters. The van der Waals surface area contributed by atoms with Crippen molar-refractivity contribution in [1.82, 2.24) is 4.90 Å². The third kappa shape index (κ3) is 2.05. The van der Waals surface area contributed by atoms with Crippen molar-refractivity contribution in [3.63, 3.8) is 0 Å². The van der Waals surface area contributed by atoms with E-state index in [1.54, 1.807) is 6.07 Å². The van der Waals surface area contributed by atoms with Crippen LogP contribution in [0.25, 0.3) is 0 Å². The van der Waals surface area contributed by atoms with Crippen molar-refractivity contribution in [3.05, 3.63) is 30.3 Å². The fourth-order valence-electron chi connectivity index (χ4n) is 1.59. The first kappa shape index (κ1) is 9.06. The van der Waals surface area contributed by atoms with Crippen molar-refractivity contribution < 1.29 is 4.79 Å². The summed E-state index contributed by atoms with van der Waals surface area (Å²) in [6, 6.07) is 10.4. The Kier molecular flexibility index (Phi) is 2.68. The second kappa shape index (κ2) is 4.13. The molecule has 0 saturated carbocycles. The van der Waals surface area contributed by atoms with Gasteiger partial charge >= 0.3 is 6.03 Å². The molecule has 3 nitrogen and oxygen atoms in total. The first-order valence-electron chi connectivity index (χ1n) is 4.89. The van der Waals surface area contributed by atoms with E-state index in [0.717, 1.165) is 31.6 Å². The number of nitrogens with one attached hydrogen (secondary N) is 1. The number of carbonyl (C=O) groups excluding carboxylic acids is 1. The molecule has 3 heteroatoms. The van der Waals surface area contributed by atoms with Gasteiger partial charge in [0, 0.05) is 19.2 Å². The van der Waals surface area contributed by atoms with Crippen molar-refractivity contribution in [2.75, 3.05) is 18.4 Å². The Labute approximate surface area is 83.7 Å². The van der Waals surface area contributed by atoms with E-state index < -0.39 is 0 Å². The Balaban J connectivity index is 1.94. The van der Waals surface area contributed by atoms with Gasteiger partial charge in [0.15, 0.2) is 0 Å². The number of rotatable bonds is 1. The first-order valence-corrected chi connectivity index (χ1v) is 4.89. The van der Waals surface area contributed by atoms with Crippen LogP contribution < -0.4 is 5.32 Å². The summed E-state index contributed by atoms with van der Waals surface area (Å²) in [5.74, 6) is 0. The van der Waals surface area contributed by atoms with Crippen LogP contribution >= 0.6 is 0 Å². The SMILES string of the molecule is O=C(Nc1[c]cccc1)N1CCCC1. The van der Waals surface area contributed by atoms with Crippen LogP contribution in [0.1, 0.15) is 12.8 Å². The minimum atomic E-state index is -0.00931. The molecule has 1 saturated heterocycles. The lowest BCUT2D eigenvalue weighted by Gasteiger charge is -2.15. The van der Waals surface area contributed by atoms with E-state index in [4.69, 9.17) is 0 Å². The number of benzene rings is 1. The molecule has 1 aliphatic heterocycles. The molecule has 0 bridgehead atoms. The van der Waals surface area contributed by atoms with Crippen LogP contribution in [-0.2, 0) is 0 Å². The summed E-state index contributed by atoms with van der Waals surface area (Å²) in [4.78, 5) is 13.4. The molecule has 1 fully saturated rings. The number of para-hydroxylation sites is 1. The van der Waals surface area contributed by atoms with E-state index in [0.29, 0.717) is 0 Å². The molecule has 73 valence electrons. The number of urea groups is 1. The highest BCUT2D eigenvalue weighted by Crippen LogP contribution is 2.10. The highest BCUT2D eigenvalue weighted by atomic mass is 16.2. The Bertz CT molecular complexity index is 304. The zero-order chi connectivity index (χ0) is 9.80. The fraction of sp³-hybridized carbons (Fsp3) is 0.364. The number of nitrogens with zero attached hydrogens (tertiary/aromatic N) is 1. The maximum absolute atomic E-state index is 11.6. The van der Waals surface area contributed by atoms with Gasteiger partial charge in [0.05, 0.1) is 5.69 Å². The number of amides is 2. The quantitative estimate of drug-likeness (QED) is 0.721. The summed E-state index contributed by atoms with van der Waals surface area (Å²) in [5, 5.41) is 2.82. The molecule has 0 atom stereocenters. The van der Waals surface area contributed by atoms with Crippen molar-refractivity contribution in [2.24, 2.45) is 0 Å². The molecule has 1 aromatic carbocycles. The lowest BCUT2D eigenvalue weighted by atomic mass is 10.3. The number of carbonyl (C=O) groups is 1. The molecule has 2 amide bonds. The normalized spacial score (nSPS) is 15.6. The van der Waals surface area contributed by atoms with E-state index in [9.17, 15) is 4.79 Å². The van der Waals surface area contributed by atoms with Crippen molar-refractivity contribution >= 4 is 11.7 Å². The molecule has 1 heterocycles. The molecule has 1 aromatic rings. The summed E-state index contributed by atoms with van der Waals surface area (Å²) in [6.07, 6.45) is 2.23. The highest BCUT2D eigenvalue weighted by Gasteiger charge is 2.17. The fourth-order valence-corrected chi connectivity index (χ4v) is 1.59. The standard InChI is InChI=1S/C11H13N2O/c14-11(13-8-4-5-9-13)12-10-6-2-1-3-7-10/h1-3,6H,4-5,8-9H2,(H,12,14). The van der Waals surface area contributed by atoms with Crippen LogP contribution in [-0.4, -0.2) is 24.0 Å². The molecule has 1 N–H and O–H groups in total. The number of hydrogen-bond acceptors (Lipinski definition) is 1. The van der Waals surface area contributed by atoms with E-state index >= 15 is 0 Å². The van der Waals surface area contributed by atoms with Gasteiger partial charge < -0.3 is 10.2 Å². The largest absolute Gasteiger partial charge is 0.325 e. The van der Waals surface area contributed by atoms with Crippen LogP contribution in [0.5, 0.6) is 0 Å². The molecule has 0 aromatic heterocycles. The maximum Gasteiger partial charge on any atom is 0.321 e. The van der Waals surface area contributed by atoms with Gasteiger partial charge in [-0.1, -0.05) is 18.2 Å². The number of hydrogen-bond donors (Lipinski definition) is 1. The number of likely N-dealkylation sites (tertiary alicyclic amines) is 1. The van der Waals surface area contributed by atoms with Gasteiger partial charge in [-0.15, -0.1) is 0 Å². The Morgan fingerprint density at radius 3 is 2.79 bits per heavy atom. The highest BCUT2D eigenvalue weighted by molar-refractivity contribution is 5.89. The van der Waals surface area contributed by atoms with Gasteiger partial charge in [-0.3, -0.25) is 0 Å². The van der Waals surface area contributed by atoms with Crippen molar-refractivity contribution in [1.29, 1.82) is 0 Å². The van der Waals surface area contributed by atoms with Crippen LogP contribution in [0.2, 0.25) is 0 Å². The van der Waals surface area contributed by atoms with E-state index in [2.05, 4.69) is 11.4 Å².